The smallest absolute Gasteiger partial charge is 0.408 e. The number of sulfone groups is 1. The molecule has 1 aliphatic heterocycles. The topological polar surface area (TPSA) is 89.5 Å². The molecule has 27 heavy (non-hydrogen) atoms. The van der Waals surface area contributed by atoms with Crippen LogP contribution in [-0.2, 0) is 25.8 Å². The third kappa shape index (κ3) is 4.22. The van der Waals surface area contributed by atoms with Gasteiger partial charge in [-0.2, -0.15) is 4.39 Å². The van der Waals surface area contributed by atoms with Gasteiger partial charge in [-0.1, -0.05) is 48.5 Å². The zero-order valence-electron chi connectivity index (χ0n) is 14.1. The molecule has 0 radical (unpaired) electrons. The molecule has 1 heterocycles. The maximum atomic E-state index is 13.2. The van der Waals surface area contributed by atoms with E-state index in [1.165, 1.54) is 12.1 Å². The van der Waals surface area contributed by atoms with Gasteiger partial charge in [0.05, 0.1) is 9.80 Å². The van der Waals surface area contributed by atoms with Gasteiger partial charge < -0.3 is 10.1 Å². The van der Waals surface area contributed by atoms with E-state index in [0.717, 1.165) is 0 Å². The number of hydrogen-bond donors (Lipinski definition) is 1. The van der Waals surface area contributed by atoms with Gasteiger partial charge in [0.15, 0.2) is 0 Å². The van der Waals surface area contributed by atoms with Crippen molar-refractivity contribution < 1.29 is 27.1 Å². The van der Waals surface area contributed by atoms with Gasteiger partial charge in [0, 0.05) is 6.42 Å². The monoisotopic (exact) mass is 389 g/mol. The second-order valence-electron chi connectivity index (χ2n) is 5.92. The molecule has 1 aliphatic rings. The highest BCUT2D eigenvalue weighted by Gasteiger charge is 2.30. The lowest BCUT2D eigenvalue weighted by Crippen LogP contribution is -2.41. The van der Waals surface area contributed by atoms with E-state index in [-0.39, 0.29) is 16.2 Å². The van der Waals surface area contributed by atoms with Crippen molar-refractivity contribution in [2.24, 2.45) is 0 Å². The van der Waals surface area contributed by atoms with Crippen molar-refractivity contribution in [3.05, 3.63) is 70.6 Å². The van der Waals surface area contributed by atoms with E-state index in [9.17, 15) is 22.4 Å². The van der Waals surface area contributed by atoms with Crippen molar-refractivity contribution in [1.82, 2.24) is 5.32 Å². The molecule has 140 valence electrons. The van der Waals surface area contributed by atoms with Gasteiger partial charge in [-0.05, 0) is 23.3 Å². The number of alkyl carbamates (subject to hydrolysis) is 1. The fraction of sp³-hybridized carbons (Fsp3) is 0.158. The van der Waals surface area contributed by atoms with Crippen LogP contribution in [0, 0.1) is 0 Å². The number of amides is 1. The van der Waals surface area contributed by atoms with Crippen LogP contribution in [0.15, 0.2) is 64.4 Å². The lowest BCUT2D eigenvalue weighted by atomic mass is 10.1. The third-order valence-electron chi connectivity index (χ3n) is 4.06. The van der Waals surface area contributed by atoms with Crippen LogP contribution in [-0.4, -0.2) is 33.2 Å². The first kappa shape index (κ1) is 18.8. The highest BCUT2D eigenvalue weighted by molar-refractivity contribution is 7.95. The molecular weight excluding hydrogens is 373 g/mol. The van der Waals surface area contributed by atoms with E-state index in [2.05, 4.69) is 5.32 Å². The van der Waals surface area contributed by atoms with Gasteiger partial charge >= 0.3 is 12.1 Å². The lowest BCUT2D eigenvalue weighted by molar-refractivity contribution is -0.131. The highest BCUT2D eigenvalue weighted by atomic mass is 32.2. The molecule has 6 nitrogen and oxygen atoms in total. The van der Waals surface area contributed by atoms with Crippen LogP contribution in [0.25, 0.3) is 6.08 Å². The van der Waals surface area contributed by atoms with Crippen molar-refractivity contribution in [1.29, 1.82) is 0 Å². The zero-order chi connectivity index (χ0) is 19.4. The summed E-state index contributed by atoms with van der Waals surface area (Å²) >= 11 is 0. The maximum absolute atomic E-state index is 13.2. The molecule has 0 saturated carbocycles. The second kappa shape index (κ2) is 7.71. The zero-order valence-corrected chi connectivity index (χ0v) is 14.9. The van der Waals surface area contributed by atoms with Crippen LogP contribution < -0.4 is 5.32 Å². The molecule has 1 amide bonds. The average Bonchev–Trinajstić information content (AvgIpc) is 2.91. The lowest BCUT2D eigenvalue weighted by Gasteiger charge is -2.14. The van der Waals surface area contributed by atoms with Crippen molar-refractivity contribution in [2.75, 3.05) is 6.61 Å². The van der Waals surface area contributed by atoms with Crippen molar-refractivity contribution in [3.8, 4) is 0 Å². The summed E-state index contributed by atoms with van der Waals surface area (Å²) in [5.74, 6) is 0. The van der Waals surface area contributed by atoms with Crippen molar-refractivity contribution in [2.45, 2.75) is 17.4 Å². The van der Waals surface area contributed by atoms with E-state index in [4.69, 9.17) is 4.74 Å². The highest BCUT2D eigenvalue weighted by Crippen LogP contribution is 2.32. The van der Waals surface area contributed by atoms with Gasteiger partial charge in [0.2, 0.25) is 9.84 Å². The van der Waals surface area contributed by atoms with Crippen molar-refractivity contribution in [3.63, 3.8) is 0 Å². The molecule has 0 aliphatic carbocycles. The number of rotatable bonds is 6. The molecule has 0 spiro atoms. The molecule has 0 unspecified atom stereocenters. The van der Waals surface area contributed by atoms with Gasteiger partial charge in [-0.25, -0.2) is 13.2 Å². The summed E-state index contributed by atoms with van der Waals surface area (Å²) in [7, 11) is -3.72. The SMILES string of the molecule is O=C(N[C@H](Cc1ccccc1)C(=O)F)OCC1=Cc2ccccc2S1(=O)=O. The summed E-state index contributed by atoms with van der Waals surface area (Å²) in [4.78, 5) is 23.1. The number of benzene rings is 2. The Morgan fingerprint density at radius 3 is 2.37 bits per heavy atom. The van der Waals surface area contributed by atoms with Gasteiger partial charge in [0.25, 0.3) is 0 Å². The van der Waals surface area contributed by atoms with Crippen LogP contribution in [0.5, 0.6) is 0 Å². The molecular formula is C19H16FNO5S. The van der Waals surface area contributed by atoms with Gasteiger partial charge in [0.1, 0.15) is 12.6 Å². The summed E-state index contributed by atoms with van der Waals surface area (Å²) in [5.41, 5.74) is 1.17. The predicted octanol–water partition coefficient (Wildman–Crippen LogP) is 2.65. The quantitative estimate of drug-likeness (QED) is 0.767. The second-order valence-corrected chi connectivity index (χ2v) is 7.89. The Hall–Kier alpha value is -3.00. The van der Waals surface area contributed by atoms with Crippen LogP contribution in [0.3, 0.4) is 0 Å². The number of fused-ring (bicyclic) bond motifs is 1. The van der Waals surface area contributed by atoms with E-state index < -0.39 is 34.6 Å². The fourth-order valence-corrected chi connectivity index (χ4v) is 4.19. The molecule has 8 heteroatoms. The van der Waals surface area contributed by atoms with Gasteiger partial charge in [-0.15, -0.1) is 0 Å². The summed E-state index contributed by atoms with van der Waals surface area (Å²) in [6, 6.07) is 11.9. The number of nitrogens with one attached hydrogen (secondary N) is 1. The Labute approximate surface area is 155 Å². The first-order chi connectivity index (χ1) is 12.9. The number of carbonyl (C=O) groups is 2. The molecule has 2 aromatic carbocycles. The number of hydrogen-bond acceptors (Lipinski definition) is 5. The fourth-order valence-electron chi connectivity index (χ4n) is 2.71. The van der Waals surface area contributed by atoms with Gasteiger partial charge in [-0.3, -0.25) is 4.79 Å². The molecule has 2 aromatic rings. The molecule has 0 bridgehead atoms. The molecule has 1 N–H and O–H groups in total. The summed E-state index contributed by atoms with van der Waals surface area (Å²) < 4.78 is 42.9. The summed E-state index contributed by atoms with van der Waals surface area (Å²) in [6.45, 7) is -0.513. The molecule has 0 saturated heterocycles. The van der Waals surface area contributed by atoms with Crippen LogP contribution in [0.2, 0.25) is 0 Å². The van der Waals surface area contributed by atoms with Crippen molar-refractivity contribution >= 4 is 28.0 Å². The Kier molecular flexibility index (Phi) is 5.36. The number of halogens is 1. The Balaban J connectivity index is 1.62. The molecule has 0 aromatic heterocycles. The van der Waals surface area contributed by atoms with Crippen LogP contribution >= 0.6 is 0 Å². The largest absolute Gasteiger partial charge is 0.444 e. The Bertz CT molecular complexity index is 1000. The van der Waals surface area contributed by atoms with E-state index in [1.54, 1.807) is 48.5 Å². The third-order valence-corrected chi connectivity index (χ3v) is 5.94. The van der Waals surface area contributed by atoms with E-state index in [0.29, 0.717) is 11.1 Å². The molecule has 0 fully saturated rings. The first-order valence-electron chi connectivity index (χ1n) is 8.09. The molecule has 3 rings (SSSR count). The minimum Gasteiger partial charge on any atom is -0.444 e. The maximum Gasteiger partial charge on any atom is 0.408 e. The van der Waals surface area contributed by atoms with E-state index >= 15 is 0 Å². The normalized spacial score (nSPS) is 15.4. The minimum absolute atomic E-state index is 0.0439. The molecule has 1 atom stereocenters. The first-order valence-corrected chi connectivity index (χ1v) is 9.57. The predicted molar refractivity (Wildman–Crippen MR) is 96.1 cm³/mol. The minimum atomic E-state index is -3.72. The standard InChI is InChI=1S/C19H16FNO5S/c20-18(22)16(10-13-6-2-1-3-7-13)21-19(23)26-12-15-11-14-8-4-5-9-17(14)27(15,24)25/h1-9,11,16H,10,12H2,(H,21,23)/t16-/m1/s1. The average molecular weight is 389 g/mol. The van der Waals surface area contributed by atoms with Crippen LogP contribution in [0.4, 0.5) is 9.18 Å². The van der Waals surface area contributed by atoms with Crippen LogP contribution in [0.1, 0.15) is 11.1 Å². The summed E-state index contributed by atoms with van der Waals surface area (Å²) in [5, 5.41) is 2.13. The number of ether oxygens (including phenoxy) is 1. The number of carbonyl (C=O) groups excluding carboxylic acids is 2. The Morgan fingerprint density at radius 1 is 1.04 bits per heavy atom. The van der Waals surface area contributed by atoms with E-state index in [1.807, 2.05) is 0 Å². The Morgan fingerprint density at radius 2 is 1.70 bits per heavy atom. The summed E-state index contributed by atoms with van der Waals surface area (Å²) in [6.07, 6.45) is 0.297.